The number of hydrogen-bond acceptors (Lipinski definition) is 4. The van der Waals surface area contributed by atoms with Crippen molar-refractivity contribution in [2.45, 2.75) is 39.7 Å². The minimum absolute atomic E-state index is 0.211. The first kappa shape index (κ1) is 24.0. The number of pyridine rings is 1. The van der Waals surface area contributed by atoms with Crippen molar-refractivity contribution in [3.63, 3.8) is 0 Å². The van der Waals surface area contributed by atoms with Gasteiger partial charge in [0.25, 0.3) is 0 Å². The SMILES string of the molecule is CCC[S+](=O)(O)Nc1ccc(-c2c(C)c3ccc(Oc4ncccc4C#N)cc3n2CC2CC2)cc1. The van der Waals surface area contributed by atoms with Crippen molar-refractivity contribution in [3.05, 3.63) is 71.9 Å². The fourth-order valence-electron chi connectivity index (χ4n) is 4.56. The Morgan fingerprint density at radius 2 is 2.00 bits per heavy atom. The van der Waals surface area contributed by atoms with Gasteiger partial charge in [0, 0.05) is 24.2 Å². The van der Waals surface area contributed by atoms with Crippen molar-refractivity contribution in [1.82, 2.24) is 9.55 Å². The van der Waals surface area contributed by atoms with Crippen molar-refractivity contribution in [2.75, 3.05) is 10.5 Å². The fourth-order valence-corrected chi connectivity index (χ4v) is 5.72. The summed E-state index contributed by atoms with van der Waals surface area (Å²) in [6.45, 7) is 4.93. The average molecular weight is 502 g/mol. The van der Waals surface area contributed by atoms with Gasteiger partial charge in [-0.05, 0) is 83.8 Å². The smallest absolute Gasteiger partial charge is 0.310 e. The molecule has 2 N–H and O–H groups in total. The summed E-state index contributed by atoms with van der Waals surface area (Å²) in [4.78, 5) is 4.23. The standard InChI is InChI=1S/C28H28N4O3S/c1-3-15-36(33,34)31-23-10-8-21(9-11-23)27-19(2)25-13-12-24(16-26(25)32(27)18-20-6-7-20)35-28-22(17-29)5-4-14-30-28/h4-5,8-14,16,20H,3,6-7,15,18H2,1-2H3,(H-,31,33,34)/p+1. The summed E-state index contributed by atoms with van der Waals surface area (Å²) >= 11 is 0. The Labute approximate surface area is 212 Å². The molecule has 2 aromatic heterocycles. The zero-order valence-corrected chi connectivity index (χ0v) is 21.2. The highest BCUT2D eigenvalue weighted by molar-refractivity contribution is 7.98. The predicted octanol–water partition coefficient (Wildman–Crippen LogP) is 6.80. The molecule has 7 nitrogen and oxygen atoms in total. The average Bonchev–Trinajstić information content (AvgIpc) is 3.64. The van der Waals surface area contributed by atoms with Crippen molar-refractivity contribution in [3.8, 4) is 29.0 Å². The van der Waals surface area contributed by atoms with Crippen LogP contribution in [0.2, 0.25) is 0 Å². The fraction of sp³-hybridized carbons (Fsp3) is 0.286. The minimum atomic E-state index is -3.09. The molecule has 1 aliphatic carbocycles. The van der Waals surface area contributed by atoms with Crippen molar-refractivity contribution < 1.29 is 13.5 Å². The molecule has 8 heteroatoms. The first-order valence-electron chi connectivity index (χ1n) is 12.2. The highest BCUT2D eigenvalue weighted by Gasteiger charge is 2.26. The van der Waals surface area contributed by atoms with Gasteiger partial charge in [-0.1, -0.05) is 19.1 Å². The van der Waals surface area contributed by atoms with Crippen LogP contribution in [0.3, 0.4) is 0 Å². The van der Waals surface area contributed by atoms with Crippen LogP contribution in [0.5, 0.6) is 11.6 Å². The zero-order chi connectivity index (χ0) is 25.3. The second-order valence-corrected chi connectivity index (χ2v) is 11.2. The molecule has 1 aliphatic rings. The van der Waals surface area contributed by atoms with Gasteiger partial charge in [0.05, 0.1) is 16.9 Å². The molecule has 0 bridgehead atoms. The maximum Gasteiger partial charge on any atom is 0.310 e. The van der Waals surface area contributed by atoms with Crippen LogP contribution < -0.4 is 9.46 Å². The van der Waals surface area contributed by atoms with Crippen LogP contribution in [-0.4, -0.2) is 19.9 Å². The number of aryl methyl sites for hydroxylation is 1. The molecule has 36 heavy (non-hydrogen) atoms. The number of benzene rings is 2. The molecule has 0 saturated heterocycles. The van der Waals surface area contributed by atoms with Crippen LogP contribution >= 0.6 is 0 Å². The molecule has 5 rings (SSSR count). The lowest BCUT2D eigenvalue weighted by atomic mass is 10.1. The molecule has 2 aromatic carbocycles. The number of ether oxygens (including phenoxy) is 1. The van der Waals surface area contributed by atoms with Gasteiger partial charge in [0.1, 0.15) is 17.4 Å². The number of fused-ring (bicyclic) bond motifs is 1. The summed E-state index contributed by atoms with van der Waals surface area (Å²) in [5.74, 6) is 1.79. The van der Waals surface area contributed by atoms with E-state index in [9.17, 15) is 14.0 Å². The molecule has 0 spiro atoms. The number of nitriles is 1. The quantitative estimate of drug-likeness (QED) is 0.246. The molecule has 0 radical (unpaired) electrons. The van der Waals surface area contributed by atoms with E-state index in [2.05, 4.69) is 33.3 Å². The number of hydrogen-bond donors (Lipinski definition) is 2. The van der Waals surface area contributed by atoms with Gasteiger partial charge in [-0.15, -0.1) is 0 Å². The lowest BCUT2D eigenvalue weighted by molar-refractivity contribution is 0.461. The highest BCUT2D eigenvalue weighted by Crippen LogP contribution is 2.40. The van der Waals surface area contributed by atoms with Crippen LogP contribution in [-0.2, 0) is 21.2 Å². The number of rotatable bonds is 9. The van der Waals surface area contributed by atoms with Gasteiger partial charge < -0.3 is 9.30 Å². The van der Waals surface area contributed by atoms with E-state index in [1.54, 1.807) is 18.3 Å². The second kappa shape index (κ2) is 9.76. The first-order valence-corrected chi connectivity index (χ1v) is 13.8. The number of nitrogens with zero attached hydrogens (tertiary/aromatic N) is 3. The molecule has 1 atom stereocenters. The van der Waals surface area contributed by atoms with Gasteiger partial charge in [0.2, 0.25) is 5.88 Å². The van der Waals surface area contributed by atoms with Gasteiger partial charge in [-0.3, -0.25) is 0 Å². The maximum atomic E-state index is 12.3. The third-order valence-corrected chi connectivity index (χ3v) is 7.97. The van der Waals surface area contributed by atoms with E-state index in [0.29, 0.717) is 35.2 Å². The van der Waals surface area contributed by atoms with E-state index in [1.165, 1.54) is 18.4 Å². The third kappa shape index (κ3) is 4.99. The molecular formula is C28H29N4O3S+. The Balaban J connectivity index is 1.53. The van der Waals surface area contributed by atoms with Gasteiger partial charge in [-0.2, -0.15) is 14.5 Å². The van der Waals surface area contributed by atoms with E-state index < -0.39 is 10.4 Å². The van der Waals surface area contributed by atoms with Gasteiger partial charge in [0.15, 0.2) is 5.75 Å². The summed E-state index contributed by atoms with van der Waals surface area (Å²) in [7, 11) is -3.09. The molecule has 0 amide bonds. The second-order valence-electron chi connectivity index (χ2n) is 9.30. The Hall–Kier alpha value is -3.67. The molecule has 0 aliphatic heterocycles. The Morgan fingerprint density at radius 3 is 2.69 bits per heavy atom. The van der Waals surface area contributed by atoms with E-state index in [-0.39, 0.29) is 5.75 Å². The molecule has 1 fully saturated rings. The predicted molar refractivity (Wildman–Crippen MR) is 143 cm³/mol. The van der Waals surface area contributed by atoms with Gasteiger partial charge in [-0.25, -0.2) is 4.98 Å². The molecule has 1 unspecified atom stereocenters. The molecule has 1 saturated carbocycles. The van der Waals surface area contributed by atoms with Crippen LogP contribution in [0.1, 0.15) is 37.3 Å². The topological polar surface area (TPSA) is 100 Å². The van der Waals surface area contributed by atoms with Crippen LogP contribution in [0.25, 0.3) is 22.2 Å². The molecule has 184 valence electrons. The third-order valence-electron chi connectivity index (χ3n) is 6.45. The van der Waals surface area contributed by atoms with Crippen LogP contribution in [0.15, 0.2) is 60.8 Å². The van der Waals surface area contributed by atoms with E-state index in [1.807, 2.05) is 43.3 Å². The lowest BCUT2D eigenvalue weighted by Gasteiger charge is -2.13. The Kier molecular flexibility index (Phi) is 6.52. The lowest BCUT2D eigenvalue weighted by Crippen LogP contribution is -2.23. The molecule has 2 heterocycles. The summed E-state index contributed by atoms with van der Waals surface area (Å²) in [6, 6.07) is 19.2. The molecular weight excluding hydrogens is 472 g/mol. The summed E-state index contributed by atoms with van der Waals surface area (Å²) < 4.78 is 33.5. The zero-order valence-electron chi connectivity index (χ0n) is 20.4. The Morgan fingerprint density at radius 1 is 1.22 bits per heavy atom. The summed E-state index contributed by atoms with van der Waals surface area (Å²) in [5.41, 5.74) is 5.45. The van der Waals surface area contributed by atoms with Gasteiger partial charge >= 0.3 is 10.4 Å². The van der Waals surface area contributed by atoms with Crippen LogP contribution in [0, 0.1) is 24.2 Å². The number of aromatic nitrogens is 2. The van der Waals surface area contributed by atoms with Crippen molar-refractivity contribution in [2.24, 2.45) is 5.92 Å². The van der Waals surface area contributed by atoms with Crippen LogP contribution in [0.4, 0.5) is 5.69 Å². The monoisotopic (exact) mass is 501 g/mol. The van der Waals surface area contributed by atoms with Crippen molar-refractivity contribution >= 4 is 27.0 Å². The largest absolute Gasteiger partial charge is 0.438 e. The number of anilines is 1. The minimum Gasteiger partial charge on any atom is -0.438 e. The van der Waals surface area contributed by atoms with Crippen molar-refractivity contribution in [1.29, 1.82) is 5.26 Å². The highest BCUT2D eigenvalue weighted by atomic mass is 32.3. The summed E-state index contributed by atoms with van der Waals surface area (Å²) in [6.07, 6.45) is 4.69. The van der Waals surface area contributed by atoms with E-state index >= 15 is 0 Å². The molecule has 4 aromatic rings. The summed E-state index contributed by atoms with van der Waals surface area (Å²) in [5, 5.41) is 10.5. The number of nitrogens with one attached hydrogen (secondary N) is 1. The normalized spacial score (nSPS) is 14.8. The first-order chi connectivity index (χ1) is 17.4. The maximum absolute atomic E-state index is 12.3. The Bertz CT molecular complexity index is 1500. The van der Waals surface area contributed by atoms with E-state index in [0.717, 1.165) is 28.7 Å². The van der Waals surface area contributed by atoms with E-state index in [4.69, 9.17) is 4.74 Å².